The fourth-order valence-electron chi connectivity index (χ4n) is 1.81. The van der Waals surface area contributed by atoms with E-state index < -0.39 is 0 Å². The highest BCUT2D eigenvalue weighted by Gasteiger charge is 2.11. The van der Waals surface area contributed by atoms with Gasteiger partial charge in [0.05, 0.1) is 12.8 Å². The van der Waals surface area contributed by atoms with Gasteiger partial charge in [-0.2, -0.15) is 0 Å². The Hall–Kier alpha value is -1.13. The van der Waals surface area contributed by atoms with Crippen LogP contribution in [0.15, 0.2) is 18.5 Å². The van der Waals surface area contributed by atoms with Gasteiger partial charge in [-0.15, -0.1) is 0 Å². The Labute approximate surface area is 110 Å². The molecular weight excluding hydrogens is 228 g/mol. The Morgan fingerprint density at radius 1 is 1.33 bits per heavy atom. The van der Waals surface area contributed by atoms with Crippen LogP contribution >= 0.6 is 0 Å². The molecular formula is C14H24N2O2. The number of methoxy groups -OCH3 is 1. The number of hydrogen-bond donors (Lipinski definition) is 1. The van der Waals surface area contributed by atoms with Crippen LogP contribution in [0.3, 0.4) is 0 Å². The molecule has 1 heterocycles. The summed E-state index contributed by atoms with van der Waals surface area (Å²) < 4.78 is 10.6. The first-order chi connectivity index (χ1) is 8.81. The summed E-state index contributed by atoms with van der Waals surface area (Å²) in [6.07, 6.45) is 5.70. The average Bonchev–Trinajstić information content (AvgIpc) is 2.40. The van der Waals surface area contributed by atoms with Crippen LogP contribution in [-0.4, -0.2) is 31.9 Å². The number of nitrogens with zero attached hydrogens (tertiary/aromatic N) is 1. The summed E-state index contributed by atoms with van der Waals surface area (Å²) in [4.78, 5) is 4.23. The molecule has 1 aromatic heterocycles. The topological polar surface area (TPSA) is 43.4 Å². The summed E-state index contributed by atoms with van der Waals surface area (Å²) in [6.45, 7) is 6.53. The van der Waals surface area contributed by atoms with E-state index in [1.54, 1.807) is 13.3 Å². The zero-order chi connectivity index (χ0) is 13.2. The fraction of sp³-hybridized carbons (Fsp3) is 0.643. The maximum absolute atomic E-state index is 5.48. The van der Waals surface area contributed by atoms with Crippen molar-refractivity contribution in [3.05, 3.63) is 24.0 Å². The zero-order valence-corrected chi connectivity index (χ0v) is 11.6. The van der Waals surface area contributed by atoms with E-state index in [-0.39, 0.29) is 6.04 Å². The van der Waals surface area contributed by atoms with Gasteiger partial charge in [0, 0.05) is 26.0 Å². The van der Waals surface area contributed by atoms with E-state index in [9.17, 15) is 0 Å². The Bertz CT molecular complexity index is 323. The molecule has 0 saturated heterocycles. The fourth-order valence-corrected chi connectivity index (χ4v) is 1.81. The minimum atomic E-state index is 0.276. The number of aromatic nitrogens is 1. The van der Waals surface area contributed by atoms with Crippen molar-refractivity contribution in [3.8, 4) is 5.75 Å². The van der Waals surface area contributed by atoms with Gasteiger partial charge < -0.3 is 14.8 Å². The maximum atomic E-state index is 5.48. The largest absolute Gasteiger partial charge is 0.492 e. The molecule has 0 spiro atoms. The van der Waals surface area contributed by atoms with Crippen LogP contribution in [0.5, 0.6) is 5.75 Å². The van der Waals surface area contributed by atoms with Crippen LogP contribution < -0.4 is 10.1 Å². The molecule has 1 aromatic rings. The van der Waals surface area contributed by atoms with Crippen LogP contribution in [0.1, 0.15) is 38.3 Å². The smallest absolute Gasteiger partial charge is 0.137 e. The van der Waals surface area contributed by atoms with Crippen molar-refractivity contribution >= 4 is 0 Å². The lowest BCUT2D eigenvalue weighted by atomic mass is 10.1. The predicted octanol–water partition coefficient (Wildman–Crippen LogP) is 2.56. The summed E-state index contributed by atoms with van der Waals surface area (Å²) in [5.41, 5.74) is 1.16. The van der Waals surface area contributed by atoms with Gasteiger partial charge in [-0.25, -0.2) is 0 Å². The first-order valence-electron chi connectivity index (χ1n) is 6.61. The minimum Gasteiger partial charge on any atom is -0.492 e. The van der Waals surface area contributed by atoms with Gasteiger partial charge in [-0.3, -0.25) is 4.98 Å². The minimum absolute atomic E-state index is 0.276. The van der Waals surface area contributed by atoms with Gasteiger partial charge in [0.15, 0.2) is 0 Å². The summed E-state index contributed by atoms with van der Waals surface area (Å²) in [5.74, 6) is 0.829. The van der Waals surface area contributed by atoms with Gasteiger partial charge in [0.2, 0.25) is 0 Å². The lowest BCUT2D eigenvalue weighted by molar-refractivity contribution is 0.182. The molecule has 1 unspecified atom stereocenters. The summed E-state index contributed by atoms with van der Waals surface area (Å²) in [7, 11) is 1.73. The SMILES string of the molecule is CCCNC(CCOC)c1cncc(OCC)c1. The molecule has 1 N–H and O–H groups in total. The van der Waals surface area contributed by atoms with Crippen LogP contribution in [0.4, 0.5) is 0 Å². The van der Waals surface area contributed by atoms with E-state index >= 15 is 0 Å². The van der Waals surface area contributed by atoms with Crippen LogP contribution in [-0.2, 0) is 4.74 Å². The van der Waals surface area contributed by atoms with Gasteiger partial charge in [-0.1, -0.05) is 6.92 Å². The maximum Gasteiger partial charge on any atom is 0.137 e. The molecule has 0 fully saturated rings. The standard InChI is InChI=1S/C14H24N2O2/c1-4-7-16-14(6-8-17-3)12-9-13(18-5-2)11-15-10-12/h9-11,14,16H,4-8H2,1-3H3. The van der Waals surface area contributed by atoms with E-state index in [0.717, 1.165) is 37.3 Å². The highest BCUT2D eigenvalue weighted by molar-refractivity contribution is 5.26. The van der Waals surface area contributed by atoms with Crippen molar-refractivity contribution in [2.45, 2.75) is 32.7 Å². The number of hydrogen-bond acceptors (Lipinski definition) is 4. The van der Waals surface area contributed by atoms with Crippen LogP contribution in [0.25, 0.3) is 0 Å². The molecule has 4 heteroatoms. The second-order valence-electron chi connectivity index (χ2n) is 4.18. The van der Waals surface area contributed by atoms with E-state index in [0.29, 0.717) is 6.61 Å². The number of rotatable bonds is 9. The van der Waals surface area contributed by atoms with Crippen molar-refractivity contribution in [2.75, 3.05) is 26.9 Å². The molecule has 1 atom stereocenters. The lowest BCUT2D eigenvalue weighted by Crippen LogP contribution is -2.23. The Morgan fingerprint density at radius 2 is 2.17 bits per heavy atom. The molecule has 4 nitrogen and oxygen atoms in total. The van der Waals surface area contributed by atoms with Crippen LogP contribution in [0, 0.1) is 0 Å². The third-order valence-electron chi connectivity index (χ3n) is 2.70. The highest BCUT2D eigenvalue weighted by atomic mass is 16.5. The molecule has 0 amide bonds. The van der Waals surface area contributed by atoms with E-state index in [1.165, 1.54) is 0 Å². The quantitative estimate of drug-likeness (QED) is 0.733. The van der Waals surface area contributed by atoms with Gasteiger partial charge in [0.25, 0.3) is 0 Å². The Balaban J connectivity index is 2.72. The third-order valence-corrected chi connectivity index (χ3v) is 2.70. The van der Waals surface area contributed by atoms with E-state index in [1.807, 2.05) is 13.1 Å². The number of pyridine rings is 1. The molecule has 0 bridgehead atoms. The summed E-state index contributed by atoms with van der Waals surface area (Å²) in [5, 5.41) is 3.51. The molecule has 102 valence electrons. The normalized spacial score (nSPS) is 12.4. The van der Waals surface area contributed by atoms with Gasteiger partial charge >= 0.3 is 0 Å². The first kappa shape index (κ1) is 14.9. The zero-order valence-electron chi connectivity index (χ0n) is 11.6. The molecule has 0 saturated carbocycles. The Kier molecular flexibility index (Phi) is 7.37. The van der Waals surface area contributed by atoms with Crippen molar-refractivity contribution in [2.24, 2.45) is 0 Å². The predicted molar refractivity (Wildman–Crippen MR) is 72.9 cm³/mol. The summed E-state index contributed by atoms with van der Waals surface area (Å²) >= 11 is 0. The highest BCUT2D eigenvalue weighted by Crippen LogP contribution is 2.20. The number of ether oxygens (including phenoxy) is 2. The molecule has 0 aliphatic rings. The van der Waals surface area contributed by atoms with E-state index in [2.05, 4.69) is 23.3 Å². The first-order valence-corrected chi connectivity index (χ1v) is 6.61. The molecule has 0 radical (unpaired) electrons. The van der Waals surface area contributed by atoms with Crippen molar-refractivity contribution in [3.63, 3.8) is 0 Å². The summed E-state index contributed by atoms with van der Waals surface area (Å²) in [6, 6.07) is 2.33. The molecule has 0 aromatic carbocycles. The second kappa shape index (κ2) is 8.89. The van der Waals surface area contributed by atoms with Crippen molar-refractivity contribution in [1.82, 2.24) is 10.3 Å². The lowest BCUT2D eigenvalue weighted by Gasteiger charge is -2.19. The van der Waals surface area contributed by atoms with Crippen molar-refractivity contribution < 1.29 is 9.47 Å². The molecule has 0 aliphatic heterocycles. The van der Waals surface area contributed by atoms with Gasteiger partial charge in [0.1, 0.15) is 5.75 Å². The molecule has 18 heavy (non-hydrogen) atoms. The van der Waals surface area contributed by atoms with Crippen molar-refractivity contribution in [1.29, 1.82) is 0 Å². The molecule has 0 aliphatic carbocycles. The molecule has 1 rings (SSSR count). The third kappa shape index (κ3) is 5.02. The average molecular weight is 252 g/mol. The van der Waals surface area contributed by atoms with Crippen LogP contribution in [0.2, 0.25) is 0 Å². The van der Waals surface area contributed by atoms with Gasteiger partial charge in [-0.05, 0) is 37.9 Å². The number of nitrogens with one attached hydrogen (secondary N) is 1. The monoisotopic (exact) mass is 252 g/mol. The van der Waals surface area contributed by atoms with E-state index in [4.69, 9.17) is 9.47 Å². The Morgan fingerprint density at radius 3 is 2.83 bits per heavy atom. The second-order valence-corrected chi connectivity index (χ2v) is 4.18.